The van der Waals surface area contributed by atoms with Gasteiger partial charge in [-0.05, 0) is 37.6 Å². The van der Waals surface area contributed by atoms with Crippen LogP contribution in [0.1, 0.15) is 37.3 Å². The van der Waals surface area contributed by atoms with Crippen molar-refractivity contribution in [1.29, 1.82) is 0 Å². The minimum absolute atomic E-state index is 0.127. The Morgan fingerprint density at radius 3 is 2.42 bits per heavy atom. The first-order valence-corrected chi connectivity index (χ1v) is 8.21. The molecule has 1 unspecified atom stereocenters. The third-order valence-corrected chi connectivity index (χ3v) is 3.71. The van der Waals surface area contributed by atoms with Gasteiger partial charge in [0.2, 0.25) is 0 Å². The maximum atomic E-state index is 4.53. The van der Waals surface area contributed by atoms with E-state index in [9.17, 15) is 0 Å². The average molecular weight is 319 g/mol. The smallest absolute Gasteiger partial charge is 0.130 e. The van der Waals surface area contributed by atoms with E-state index in [1.807, 2.05) is 55.6 Å². The lowest BCUT2D eigenvalue weighted by atomic mass is 10.1. The fourth-order valence-electron chi connectivity index (χ4n) is 2.63. The van der Waals surface area contributed by atoms with Gasteiger partial charge in [0.25, 0.3) is 0 Å². The Morgan fingerprint density at radius 2 is 1.75 bits per heavy atom. The molecule has 0 spiro atoms. The molecule has 5 heteroatoms. The van der Waals surface area contributed by atoms with Crippen LogP contribution in [0.5, 0.6) is 0 Å². The highest BCUT2D eigenvalue weighted by Gasteiger charge is 2.14. The normalized spacial score (nSPS) is 11.9. The lowest BCUT2D eigenvalue weighted by Crippen LogP contribution is -2.13. The van der Waals surface area contributed by atoms with Crippen LogP contribution in [0.3, 0.4) is 0 Å². The highest BCUT2D eigenvalue weighted by molar-refractivity contribution is 5.58. The number of aryl methyl sites for hydroxylation is 1. The molecule has 0 saturated heterocycles. The van der Waals surface area contributed by atoms with Gasteiger partial charge in [-0.15, -0.1) is 0 Å². The number of aromatic nitrogens is 4. The molecular weight excluding hydrogens is 298 g/mol. The quantitative estimate of drug-likeness (QED) is 0.738. The van der Waals surface area contributed by atoms with E-state index in [-0.39, 0.29) is 6.04 Å². The van der Waals surface area contributed by atoms with Gasteiger partial charge in [-0.1, -0.05) is 25.5 Å². The van der Waals surface area contributed by atoms with Gasteiger partial charge in [-0.2, -0.15) is 0 Å². The van der Waals surface area contributed by atoms with Crippen molar-refractivity contribution < 1.29 is 0 Å². The first-order valence-electron chi connectivity index (χ1n) is 8.21. The Bertz CT molecular complexity index is 774. The summed E-state index contributed by atoms with van der Waals surface area (Å²) in [7, 11) is 0. The van der Waals surface area contributed by atoms with Gasteiger partial charge in [0.05, 0.1) is 23.1 Å². The minimum Gasteiger partial charge on any atom is -0.362 e. The zero-order valence-electron chi connectivity index (χ0n) is 14.0. The number of anilines is 1. The summed E-state index contributed by atoms with van der Waals surface area (Å²) >= 11 is 0. The Morgan fingerprint density at radius 1 is 0.958 bits per heavy atom. The predicted molar refractivity (Wildman–Crippen MR) is 95.5 cm³/mol. The van der Waals surface area contributed by atoms with Crippen LogP contribution in [0.2, 0.25) is 0 Å². The molecule has 24 heavy (non-hydrogen) atoms. The summed E-state index contributed by atoms with van der Waals surface area (Å²) in [6.45, 7) is 4.06. The van der Waals surface area contributed by atoms with Crippen LogP contribution in [0.25, 0.3) is 11.4 Å². The van der Waals surface area contributed by atoms with Gasteiger partial charge in [-0.3, -0.25) is 9.97 Å². The fourth-order valence-corrected chi connectivity index (χ4v) is 2.63. The van der Waals surface area contributed by atoms with Crippen molar-refractivity contribution >= 4 is 5.82 Å². The van der Waals surface area contributed by atoms with Crippen LogP contribution in [-0.4, -0.2) is 19.9 Å². The van der Waals surface area contributed by atoms with Gasteiger partial charge in [-0.25, -0.2) is 9.97 Å². The van der Waals surface area contributed by atoms with Crippen molar-refractivity contribution in [2.45, 2.75) is 32.7 Å². The van der Waals surface area contributed by atoms with E-state index in [0.717, 1.165) is 41.6 Å². The molecule has 3 aromatic heterocycles. The minimum atomic E-state index is 0.127. The van der Waals surface area contributed by atoms with Crippen molar-refractivity contribution in [1.82, 2.24) is 19.9 Å². The number of hydrogen-bond donors (Lipinski definition) is 1. The molecule has 0 amide bonds. The molecule has 3 rings (SSSR count). The lowest BCUT2D eigenvalue weighted by Gasteiger charge is -2.18. The molecule has 0 saturated carbocycles. The van der Waals surface area contributed by atoms with E-state index in [0.29, 0.717) is 0 Å². The molecule has 0 aromatic carbocycles. The zero-order valence-corrected chi connectivity index (χ0v) is 14.0. The molecule has 0 fully saturated rings. The topological polar surface area (TPSA) is 63.6 Å². The number of rotatable bonds is 6. The number of nitrogens with one attached hydrogen (secondary N) is 1. The largest absolute Gasteiger partial charge is 0.362 e. The molecule has 0 aliphatic carbocycles. The van der Waals surface area contributed by atoms with E-state index in [4.69, 9.17) is 0 Å². The third kappa shape index (κ3) is 3.93. The van der Waals surface area contributed by atoms with Crippen LogP contribution >= 0.6 is 0 Å². The van der Waals surface area contributed by atoms with Gasteiger partial charge >= 0.3 is 0 Å². The van der Waals surface area contributed by atoms with Crippen LogP contribution in [0.15, 0.2) is 54.9 Å². The van der Waals surface area contributed by atoms with Gasteiger partial charge in [0, 0.05) is 18.5 Å². The molecule has 3 aromatic rings. The van der Waals surface area contributed by atoms with Gasteiger partial charge in [0.15, 0.2) is 0 Å². The van der Waals surface area contributed by atoms with Gasteiger partial charge < -0.3 is 5.32 Å². The second kappa shape index (κ2) is 7.64. The number of pyridine rings is 2. The van der Waals surface area contributed by atoms with Gasteiger partial charge in [0.1, 0.15) is 11.6 Å². The molecule has 0 radical (unpaired) electrons. The zero-order chi connectivity index (χ0) is 16.8. The molecule has 5 nitrogen and oxygen atoms in total. The molecular formula is C19H21N5. The van der Waals surface area contributed by atoms with E-state index in [1.165, 1.54) is 0 Å². The monoisotopic (exact) mass is 319 g/mol. The summed E-state index contributed by atoms with van der Waals surface area (Å²) in [6, 6.07) is 13.9. The van der Waals surface area contributed by atoms with Crippen molar-refractivity contribution in [3.63, 3.8) is 0 Å². The SMILES string of the molecule is CCCC(Nc1cc(-c2ccccn2)nc(C)n1)c1ccccn1. The van der Waals surface area contributed by atoms with E-state index in [1.54, 1.807) is 6.20 Å². The van der Waals surface area contributed by atoms with Crippen molar-refractivity contribution in [2.24, 2.45) is 0 Å². The van der Waals surface area contributed by atoms with Crippen LogP contribution < -0.4 is 5.32 Å². The maximum absolute atomic E-state index is 4.53. The standard InChI is InChI=1S/C19H21N5/c1-3-8-17(15-9-4-6-11-20-15)24-19-13-18(22-14(2)23-19)16-10-5-7-12-21-16/h4-7,9-13,17H,3,8H2,1-2H3,(H,22,23,24). The summed E-state index contributed by atoms with van der Waals surface area (Å²) in [6.07, 6.45) is 5.64. The molecule has 0 aliphatic rings. The highest BCUT2D eigenvalue weighted by Crippen LogP contribution is 2.24. The van der Waals surface area contributed by atoms with Crippen molar-refractivity contribution in [3.8, 4) is 11.4 Å². The maximum Gasteiger partial charge on any atom is 0.130 e. The average Bonchev–Trinajstić information content (AvgIpc) is 2.62. The van der Waals surface area contributed by atoms with Crippen molar-refractivity contribution in [3.05, 3.63) is 66.4 Å². The van der Waals surface area contributed by atoms with E-state index < -0.39 is 0 Å². The summed E-state index contributed by atoms with van der Waals surface area (Å²) in [5, 5.41) is 3.51. The summed E-state index contributed by atoms with van der Waals surface area (Å²) in [4.78, 5) is 17.9. The molecule has 1 atom stereocenters. The van der Waals surface area contributed by atoms with Crippen LogP contribution in [0.4, 0.5) is 5.82 Å². The first kappa shape index (κ1) is 16.1. The molecule has 3 heterocycles. The van der Waals surface area contributed by atoms with Crippen LogP contribution in [0, 0.1) is 6.92 Å². The Hall–Kier alpha value is -2.82. The Kier molecular flexibility index (Phi) is 5.11. The Balaban J connectivity index is 1.89. The number of hydrogen-bond acceptors (Lipinski definition) is 5. The summed E-state index contributed by atoms with van der Waals surface area (Å²) < 4.78 is 0. The molecule has 1 N–H and O–H groups in total. The van der Waals surface area contributed by atoms with E-state index in [2.05, 4.69) is 32.2 Å². The first-order chi connectivity index (χ1) is 11.8. The lowest BCUT2D eigenvalue weighted by molar-refractivity contribution is 0.656. The predicted octanol–water partition coefficient (Wildman–Crippen LogP) is 4.20. The highest BCUT2D eigenvalue weighted by atomic mass is 15.1. The fraction of sp³-hybridized carbons (Fsp3) is 0.263. The van der Waals surface area contributed by atoms with Crippen molar-refractivity contribution in [2.75, 3.05) is 5.32 Å². The number of nitrogens with zero attached hydrogens (tertiary/aromatic N) is 4. The summed E-state index contributed by atoms with van der Waals surface area (Å²) in [5.41, 5.74) is 2.69. The Labute approximate surface area is 142 Å². The molecule has 122 valence electrons. The molecule has 0 aliphatic heterocycles. The second-order valence-electron chi connectivity index (χ2n) is 5.64. The third-order valence-electron chi connectivity index (χ3n) is 3.71. The second-order valence-corrected chi connectivity index (χ2v) is 5.64. The summed E-state index contributed by atoms with van der Waals surface area (Å²) in [5.74, 6) is 1.52. The molecule has 0 bridgehead atoms. The van der Waals surface area contributed by atoms with Crippen LogP contribution in [-0.2, 0) is 0 Å². The van der Waals surface area contributed by atoms with E-state index >= 15 is 0 Å².